The van der Waals surface area contributed by atoms with Gasteiger partial charge in [-0.15, -0.1) is 0 Å². The van der Waals surface area contributed by atoms with Crippen molar-refractivity contribution in [2.45, 2.75) is 26.9 Å². The van der Waals surface area contributed by atoms with Crippen molar-refractivity contribution in [1.29, 1.82) is 0 Å². The second-order valence-electron chi connectivity index (χ2n) is 6.71. The zero-order chi connectivity index (χ0) is 18.1. The molecule has 0 spiro atoms. The molecule has 4 aromatic rings. The predicted molar refractivity (Wildman–Crippen MR) is 102 cm³/mol. The quantitative estimate of drug-likeness (QED) is 0.602. The Bertz CT molecular complexity index is 1030. The first kappa shape index (κ1) is 16.5. The van der Waals surface area contributed by atoms with Gasteiger partial charge in [0, 0.05) is 17.9 Å². The summed E-state index contributed by atoms with van der Waals surface area (Å²) in [5, 5.41) is 0. The van der Waals surface area contributed by atoms with Crippen LogP contribution in [0.2, 0.25) is 0 Å². The van der Waals surface area contributed by atoms with E-state index < -0.39 is 0 Å². The standard InChI is InChI=1S/C20H22N6/c1-14-9-15(2)26-17(10-22-20(26)23-14)12-25(3)13-19-21-11-18(24-19)16-7-5-4-6-8-16/h4-11H,12-13H2,1-3H3,(H,21,24). The highest BCUT2D eigenvalue weighted by molar-refractivity contribution is 5.57. The lowest BCUT2D eigenvalue weighted by atomic mass is 10.2. The molecule has 0 amide bonds. The van der Waals surface area contributed by atoms with E-state index in [1.54, 1.807) is 0 Å². The number of aromatic amines is 1. The number of aryl methyl sites for hydroxylation is 2. The van der Waals surface area contributed by atoms with Crippen LogP contribution in [0.25, 0.3) is 17.0 Å². The fraction of sp³-hybridized carbons (Fsp3) is 0.250. The molecule has 4 rings (SSSR count). The number of hydrogen-bond acceptors (Lipinski definition) is 4. The summed E-state index contributed by atoms with van der Waals surface area (Å²) in [5.41, 5.74) is 5.46. The third-order valence-corrected chi connectivity index (χ3v) is 4.43. The number of H-pyrrole nitrogens is 1. The van der Waals surface area contributed by atoms with E-state index >= 15 is 0 Å². The molecule has 0 atom stereocenters. The molecule has 0 aliphatic heterocycles. The van der Waals surface area contributed by atoms with Crippen LogP contribution in [0.15, 0.2) is 48.8 Å². The van der Waals surface area contributed by atoms with Crippen LogP contribution in [0.3, 0.4) is 0 Å². The molecule has 0 saturated heterocycles. The molecule has 3 aromatic heterocycles. The van der Waals surface area contributed by atoms with Crippen molar-refractivity contribution in [3.63, 3.8) is 0 Å². The topological polar surface area (TPSA) is 62.1 Å². The molecule has 0 aliphatic carbocycles. The zero-order valence-corrected chi connectivity index (χ0v) is 15.3. The largest absolute Gasteiger partial charge is 0.341 e. The Morgan fingerprint density at radius 2 is 1.85 bits per heavy atom. The molecule has 0 saturated carbocycles. The number of imidazole rings is 2. The van der Waals surface area contributed by atoms with E-state index in [0.29, 0.717) is 0 Å². The Balaban J connectivity index is 1.50. The minimum Gasteiger partial charge on any atom is -0.341 e. The molecule has 0 unspecified atom stereocenters. The molecule has 1 aromatic carbocycles. The summed E-state index contributed by atoms with van der Waals surface area (Å²) in [6, 6.07) is 12.3. The SMILES string of the molecule is Cc1cc(C)n2c(CN(C)Cc3ncc(-c4ccccc4)[nH]3)cnc2n1. The Hall–Kier alpha value is -2.99. The van der Waals surface area contributed by atoms with Gasteiger partial charge in [0.25, 0.3) is 0 Å². The van der Waals surface area contributed by atoms with E-state index in [0.717, 1.165) is 53.0 Å². The minimum atomic E-state index is 0.735. The van der Waals surface area contributed by atoms with E-state index in [1.807, 2.05) is 37.5 Å². The third-order valence-electron chi connectivity index (χ3n) is 4.43. The number of rotatable bonds is 5. The smallest absolute Gasteiger partial charge is 0.234 e. The van der Waals surface area contributed by atoms with Crippen molar-refractivity contribution in [3.8, 4) is 11.3 Å². The molecule has 3 heterocycles. The third kappa shape index (κ3) is 3.23. The van der Waals surface area contributed by atoms with Crippen LogP contribution < -0.4 is 0 Å². The molecule has 1 N–H and O–H groups in total. The number of hydrogen-bond donors (Lipinski definition) is 1. The first-order chi connectivity index (χ1) is 12.6. The predicted octanol–water partition coefficient (Wildman–Crippen LogP) is 3.37. The maximum atomic E-state index is 4.52. The Labute approximate surface area is 152 Å². The molecular formula is C20H22N6. The van der Waals surface area contributed by atoms with Crippen molar-refractivity contribution < 1.29 is 0 Å². The summed E-state index contributed by atoms with van der Waals surface area (Å²) in [6.07, 6.45) is 3.80. The molecule has 0 fully saturated rings. The number of fused-ring (bicyclic) bond motifs is 1. The molecule has 132 valence electrons. The molecule has 26 heavy (non-hydrogen) atoms. The van der Waals surface area contributed by atoms with Gasteiger partial charge in [-0.05, 0) is 32.5 Å². The van der Waals surface area contributed by atoms with E-state index in [4.69, 9.17) is 0 Å². The minimum absolute atomic E-state index is 0.735. The maximum absolute atomic E-state index is 4.52. The maximum Gasteiger partial charge on any atom is 0.234 e. The normalized spacial score (nSPS) is 11.5. The van der Waals surface area contributed by atoms with Crippen LogP contribution in [0, 0.1) is 13.8 Å². The molecular weight excluding hydrogens is 324 g/mol. The Morgan fingerprint density at radius 3 is 2.65 bits per heavy atom. The van der Waals surface area contributed by atoms with Gasteiger partial charge in [-0.25, -0.2) is 15.0 Å². The van der Waals surface area contributed by atoms with Crippen LogP contribution in [0.5, 0.6) is 0 Å². The second kappa shape index (κ2) is 6.72. The molecule has 0 radical (unpaired) electrons. The van der Waals surface area contributed by atoms with E-state index in [-0.39, 0.29) is 0 Å². The van der Waals surface area contributed by atoms with Crippen molar-refractivity contribution in [3.05, 3.63) is 71.7 Å². The average Bonchev–Trinajstić information content (AvgIpc) is 3.23. The molecule has 6 nitrogen and oxygen atoms in total. The van der Waals surface area contributed by atoms with Crippen molar-refractivity contribution >= 4 is 5.78 Å². The van der Waals surface area contributed by atoms with Gasteiger partial charge in [-0.3, -0.25) is 9.30 Å². The summed E-state index contributed by atoms with van der Waals surface area (Å²) in [6.45, 7) is 5.59. The van der Waals surface area contributed by atoms with Gasteiger partial charge < -0.3 is 4.98 Å². The van der Waals surface area contributed by atoms with Crippen molar-refractivity contribution in [2.24, 2.45) is 0 Å². The molecule has 6 heteroatoms. The van der Waals surface area contributed by atoms with Crippen LogP contribution >= 0.6 is 0 Å². The number of nitrogens with one attached hydrogen (secondary N) is 1. The fourth-order valence-corrected chi connectivity index (χ4v) is 3.30. The average molecular weight is 346 g/mol. The highest BCUT2D eigenvalue weighted by Crippen LogP contribution is 2.17. The number of aromatic nitrogens is 5. The summed E-state index contributed by atoms with van der Waals surface area (Å²) in [7, 11) is 2.08. The highest BCUT2D eigenvalue weighted by Gasteiger charge is 2.11. The lowest BCUT2D eigenvalue weighted by Gasteiger charge is -2.15. The van der Waals surface area contributed by atoms with Gasteiger partial charge in [0.05, 0.1) is 30.3 Å². The number of nitrogens with zero attached hydrogens (tertiary/aromatic N) is 5. The lowest BCUT2D eigenvalue weighted by molar-refractivity contribution is 0.307. The lowest BCUT2D eigenvalue weighted by Crippen LogP contribution is -2.19. The fourth-order valence-electron chi connectivity index (χ4n) is 3.30. The van der Waals surface area contributed by atoms with Crippen LogP contribution in [-0.4, -0.2) is 36.3 Å². The van der Waals surface area contributed by atoms with Gasteiger partial charge >= 0.3 is 0 Å². The summed E-state index contributed by atoms with van der Waals surface area (Å²) >= 11 is 0. The summed E-state index contributed by atoms with van der Waals surface area (Å²) in [5.74, 6) is 1.71. The number of benzene rings is 1. The monoisotopic (exact) mass is 346 g/mol. The zero-order valence-electron chi connectivity index (χ0n) is 15.3. The van der Waals surface area contributed by atoms with Crippen molar-refractivity contribution in [2.75, 3.05) is 7.05 Å². The summed E-state index contributed by atoms with van der Waals surface area (Å²) in [4.78, 5) is 19.1. The van der Waals surface area contributed by atoms with Crippen LogP contribution in [-0.2, 0) is 13.1 Å². The molecule has 0 aliphatic rings. The van der Waals surface area contributed by atoms with Gasteiger partial charge in [-0.1, -0.05) is 30.3 Å². The van der Waals surface area contributed by atoms with E-state index in [2.05, 4.69) is 61.4 Å². The van der Waals surface area contributed by atoms with Gasteiger partial charge in [0.1, 0.15) is 5.82 Å². The highest BCUT2D eigenvalue weighted by atomic mass is 15.2. The van der Waals surface area contributed by atoms with E-state index in [1.165, 1.54) is 0 Å². The van der Waals surface area contributed by atoms with Crippen LogP contribution in [0.1, 0.15) is 22.9 Å². The first-order valence-electron chi connectivity index (χ1n) is 8.68. The van der Waals surface area contributed by atoms with Gasteiger partial charge in [0.2, 0.25) is 5.78 Å². The second-order valence-corrected chi connectivity index (χ2v) is 6.71. The van der Waals surface area contributed by atoms with E-state index in [9.17, 15) is 0 Å². The Morgan fingerprint density at radius 1 is 1.04 bits per heavy atom. The van der Waals surface area contributed by atoms with Crippen LogP contribution in [0.4, 0.5) is 0 Å². The van der Waals surface area contributed by atoms with Gasteiger partial charge in [-0.2, -0.15) is 0 Å². The van der Waals surface area contributed by atoms with Crippen molar-refractivity contribution in [1.82, 2.24) is 29.2 Å². The first-order valence-corrected chi connectivity index (χ1v) is 8.68. The summed E-state index contributed by atoms with van der Waals surface area (Å²) < 4.78 is 2.11. The van der Waals surface area contributed by atoms with Gasteiger partial charge in [0.15, 0.2) is 0 Å². The molecule has 0 bridgehead atoms. The Kier molecular flexibility index (Phi) is 4.26.